The minimum Gasteiger partial charge on any atom is -0.316 e. The van der Waals surface area contributed by atoms with Gasteiger partial charge in [-0.15, -0.1) is 0 Å². The molecule has 3 atom stereocenters. The lowest BCUT2D eigenvalue weighted by molar-refractivity contribution is 0.534. The summed E-state index contributed by atoms with van der Waals surface area (Å²) in [5.74, 6) is 2.07. The van der Waals surface area contributed by atoms with Crippen LogP contribution in [0.3, 0.4) is 0 Å². The summed E-state index contributed by atoms with van der Waals surface area (Å²) in [4.78, 5) is 0. The van der Waals surface area contributed by atoms with Gasteiger partial charge in [-0.05, 0) is 42.0 Å². The van der Waals surface area contributed by atoms with Crippen LogP contribution in [0.2, 0.25) is 0 Å². The second-order valence-corrected chi connectivity index (χ2v) is 6.71. The van der Waals surface area contributed by atoms with E-state index in [1.165, 1.54) is 22.0 Å². The molecule has 1 fully saturated rings. The molecule has 0 bridgehead atoms. The zero-order valence-electron chi connectivity index (χ0n) is 12.4. The molecule has 2 aromatic carbocycles. The molecule has 110 valence electrons. The summed E-state index contributed by atoms with van der Waals surface area (Å²) in [6.45, 7) is 4.27. The lowest BCUT2D eigenvalue weighted by Crippen LogP contribution is -2.23. The zero-order valence-corrected chi connectivity index (χ0v) is 14.0. The second-order valence-electron chi connectivity index (χ2n) is 5.85. The Labute approximate surface area is 135 Å². The number of benzene rings is 2. The molecule has 1 N–H and O–H groups in total. The Morgan fingerprint density at radius 3 is 2.52 bits per heavy atom. The highest BCUT2D eigenvalue weighted by atomic mass is 79.9. The molecule has 3 unspecified atom stereocenters. The van der Waals surface area contributed by atoms with E-state index in [9.17, 15) is 0 Å². The topological polar surface area (TPSA) is 12.0 Å². The van der Waals surface area contributed by atoms with Gasteiger partial charge in [0.1, 0.15) is 0 Å². The van der Waals surface area contributed by atoms with Crippen molar-refractivity contribution >= 4 is 15.9 Å². The Morgan fingerprint density at radius 2 is 1.81 bits per heavy atom. The zero-order chi connectivity index (χ0) is 14.7. The molecule has 3 rings (SSSR count). The van der Waals surface area contributed by atoms with E-state index < -0.39 is 0 Å². The SMILES string of the molecule is CCNCC(c1ccccc1Br)C1CC1c1ccccc1. The quantitative estimate of drug-likeness (QED) is 0.782. The third-order valence-electron chi connectivity index (χ3n) is 4.50. The van der Waals surface area contributed by atoms with Crippen molar-refractivity contribution in [1.82, 2.24) is 5.32 Å². The lowest BCUT2D eigenvalue weighted by atomic mass is 9.91. The molecule has 0 saturated heterocycles. The lowest BCUT2D eigenvalue weighted by Gasteiger charge is -2.19. The molecule has 0 amide bonds. The van der Waals surface area contributed by atoms with E-state index in [2.05, 4.69) is 82.8 Å². The molecule has 1 saturated carbocycles. The molecular weight excluding hydrogens is 322 g/mol. The van der Waals surface area contributed by atoms with Crippen LogP contribution in [-0.4, -0.2) is 13.1 Å². The first-order valence-electron chi connectivity index (χ1n) is 7.81. The molecule has 21 heavy (non-hydrogen) atoms. The van der Waals surface area contributed by atoms with E-state index in [4.69, 9.17) is 0 Å². The predicted octanol–water partition coefficient (Wildman–Crippen LogP) is 4.95. The number of rotatable bonds is 6. The molecule has 0 aliphatic heterocycles. The minimum atomic E-state index is 0.589. The van der Waals surface area contributed by atoms with Gasteiger partial charge < -0.3 is 5.32 Å². The van der Waals surface area contributed by atoms with Crippen LogP contribution in [0.25, 0.3) is 0 Å². The largest absolute Gasteiger partial charge is 0.316 e. The van der Waals surface area contributed by atoms with Crippen molar-refractivity contribution < 1.29 is 0 Å². The number of hydrogen-bond donors (Lipinski definition) is 1. The van der Waals surface area contributed by atoms with Gasteiger partial charge in [-0.3, -0.25) is 0 Å². The van der Waals surface area contributed by atoms with Crippen LogP contribution in [0.4, 0.5) is 0 Å². The van der Waals surface area contributed by atoms with Crippen molar-refractivity contribution in [3.05, 3.63) is 70.2 Å². The van der Waals surface area contributed by atoms with Crippen molar-refractivity contribution in [3.63, 3.8) is 0 Å². The first-order valence-corrected chi connectivity index (χ1v) is 8.60. The van der Waals surface area contributed by atoms with Gasteiger partial charge >= 0.3 is 0 Å². The summed E-state index contributed by atoms with van der Waals surface area (Å²) in [5, 5.41) is 3.55. The second kappa shape index (κ2) is 6.76. The van der Waals surface area contributed by atoms with Crippen LogP contribution in [0.15, 0.2) is 59.1 Å². The summed E-state index contributed by atoms with van der Waals surface area (Å²) in [6.07, 6.45) is 1.31. The van der Waals surface area contributed by atoms with Crippen LogP contribution < -0.4 is 5.32 Å². The first-order chi connectivity index (χ1) is 10.3. The van der Waals surface area contributed by atoms with Crippen LogP contribution >= 0.6 is 15.9 Å². The van der Waals surface area contributed by atoms with E-state index in [0.29, 0.717) is 5.92 Å². The van der Waals surface area contributed by atoms with Gasteiger partial charge in [0.05, 0.1) is 0 Å². The fourth-order valence-corrected chi connectivity index (χ4v) is 3.89. The molecule has 0 heterocycles. The smallest absolute Gasteiger partial charge is 0.0210 e. The summed E-state index contributed by atoms with van der Waals surface area (Å²) < 4.78 is 1.24. The van der Waals surface area contributed by atoms with Gasteiger partial charge in [-0.2, -0.15) is 0 Å². The summed E-state index contributed by atoms with van der Waals surface area (Å²) >= 11 is 3.73. The maximum Gasteiger partial charge on any atom is 0.0210 e. The number of nitrogens with one attached hydrogen (secondary N) is 1. The number of hydrogen-bond acceptors (Lipinski definition) is 1. The van der Waals surface area contributed by atoms with E-state index >= 15 is 0 Å². The highest BCUT2D eigenvalue weighted by Gasteiger charge is 2.44. The normalized spacial score (nSPS) is 22.0. The molecule has 1 aliphatic carbocycles. The van der Waals surface area contributed by atoms with Crippen molar-refractivity contribution in [3.8, 4) is 0 Å². The van der Waals surface area contributed by atoms with E-state index in [1.54, 1.807) is 0 Å². The van der Waals surface area contributed by atoms with Crippen molar-refractivity contribution in [2.24, 2.45) is 5.92 Å². The number of halogens is 1. The number of likely N-dealkylation sites (N-methyl/N-ethyl adjacent to an activating group) is 1. The van der Waals surface area contributed by atoms with Gasteiger partial charge in [0.2, 0.25) is 0 Å². The average molecular weight is 344 g/mol. The fraction of sp³-hybridized carbons (Fsp3) is 0.368. The summed E-state index contributed by atoms with van der Waals surface area (Å²) in [6, 6.07) is 19.6. The fourth-order valence-electron chi connectivity index (χ4n) is 3.31. The van der Waals surface area contributed by atoms with E-state index in [-0.39, 0.29) is 0 Å². The molecule has 0 spiro atoms. The summed E-state index contributed by atoms with van der Waals surface area (Å²) in [7, 11) is 0. The predicted molar refractivity (Wildman–Crippen MR) is 92.7 cm³/mol. The van der Waals surface area contributed by atoms with Gasteiger partial charge in [0.15, 0.2) is 0 Å². The Hall–Kier alpha value is -1.12. The Kier molecular flexibility index (Phi) is 4.77. The highest BCUT2D eigenvalue weighted by Crippen LogP contribution is 2.55. The van der Waals surface area contributed by atoms with Crippen molar-refractivity contribution in [1.29, 1.82) is 0 Å². The Bertz CT molecular complexity index is 581. The molecule has 1 nitrogen and oxygen atoms in total. The minimum absolute atomic E-state index is 0.589. The monoisotopic (exact) mass is 343 g/mol. The van der Waals surface area contributed by atoms with Crippen LogP contribution in [0.5, 0.6) is 0 Å². The van der Waals surface area contributed by atoms with Crippen molar-refractivity contribution in [2.45, 2.75) is 25.2 Å². The van der Waals surface area contributed by atoms with Gasteiger partial charge in [-0.1, -0.05) is 71.4 Å². The van der Waals surface area contributed by atoms with Crippen LogP contribution in [0, 0.1) is 5.92 Å². The standard InChI is InChI=1S/C19H22BrN/c1-2-21-13-18(15-10-6-7-11-19(15)20)17-12-16(17)14-8-4-3-5-9-14/h3-11,16-18,21H,2,12-13H2,1H3. The third kappa shape index (κ3) is 3.38. The van der Waals surface area contributed by atoms with Gasteiger partial charge in [0, 0.05) is 16.9 Å². The Morgan fingerprint density at radius 1 is 1.10 bits per heavy atom. The van der Waals surface area contributed by atoms with E-state index in [1.807, 2.05) is 0 Å². The third-order valence-corrected chi connectivity index (χ3v) is 5.23. The average Bonchev–Trinajstić information content (AvgIpc) is 3.31. The van der Waals surface area contributed by atoms with Crippen molar-refractivity contribution in [2.75, 3.05) is 13.1 Å². The van der Waals surface area contributed by atoms with Gasteiger partial charge in [0.25, 0.3) is 0 Å². The molecule has 0 aromatic heterocycles. The maximum atomic E-state index is 3.73. The van der Waals surface area contributed by atoms with Crippen LogP contribution in [-0.2, 0) is 0 Å². The molecule has 2 heteroatoms. The Balaban J connectivity index is 1.80. The molecular formula is C19H22BrN. The van der Waals surface area contributed by atoms with Gasteiger partial charge in [-0.25, -0.2) is 0 Å². The molecule has 0 radical (unpaired) electrons. The van der Waals surface area contributed by atoms with Crippen LogP contribution in [0.1, 0.15) is 36.3 Å². The first kappa shape index (κ1) is 14.8. The summed E-state index contributed by atoms with van der Waals surface area (Å²) in [5.41, 5.74) is 2.94. The van der Waals surface area contributed by atoms with E-state index in [0.717, 1.165) is 24.9 Å². The molecule has 1 aliphatic rings. The molecule has 2 aromatic rings. The maximum absolute atomic E-state index is 3.73. The highest BCUT2D eigenvalue weighted by molar-refractivity contribution is 9.10.